The highest BCUT2D eigenvalue weighted by Gasteiger charge is 2.24. The van der Waals surface area contributed by atoms with E-state index in [1.807, 2.05) is 0 Å². The van der Waals surface area contributed by atoms with Gasteiger partial charge in [0, 0.05) is 0 Å². The molecule has 0 aliphatic rings. The number of rotatable bonds is 4. The zero-order valence-electron chi connectivity index (χ0n) is 7.21. The molecular formula is C7H10BF3NO-. The summed E-state index contributed by atoms with van der Waals surface area (Å²) in [5.41, 5.74) is 0. The van der Waals surface area contributed by atoms with E-state index < -0.39 is 13.4 Å². The van der Waals surface area contributed by atoms with Gasteiger partial charge in [0.2, 0.25) is 0 Å². The van der Waals surface area contributed by atoms with E-state index in [9.17, 15) is 12.9 Å². The second kappa shape index (κ2) is 3.87. The van der Waals surface area contributed by atoms with Crippen molar-refractivity contribution in [3.05, 3.63) is 24.2 Å². The summed E-state index contributed by atoms with van der Waals surface area (Å²) in [5.74, 6) is 0.544. The van der Waals surface area contributed by atoms with Crippen LogP contribution < -0.4 is 0 Å². The zero-order valence-corrected chi connectivity index (χ0v) is 7.21. The van der Waals surface area contributed by atoms with E-state index in [4.69, 9.17) is 4.42 Å². The Hall–Kier alpha value is -0.905. The van der Waals surface area contributed by atoms with Crippen LogP contribution in [-0.4, -0.2) is 25.4 Å². The Balaban J connectivity index is 2.38. The lowest BCUT2D eigenvalue weighted by Gasteiger charge is -2.22. The molecule has 0 N–H and O–H groups in total. The molecule has 0 radical (unpaired) electrons. The molecule has 0 atom stereocenters. The van der Waals surface area contributed by atoms with Crippen LogP contribution in [0, 0.1) is 0 Å². The van der Waals surface area contributed by atoms with Crippen molar-refractivity contribution < 1.29 is 17.4 Å². The van der Waals surface area contributed by atoms with Gasteiger partial charge in [0.25, 0.3) is 0 Å². The minimum atomic E-state index is -4.74. The summed E-state index contributed by atoms with van der Waals surface area (Å²) in [4.78, 5) is 1.18. The summed E-state index contributed by atoms with van der Waals surface area (Å²) in [7, 11) is 1.41. The van der Waals surface area contributed by atoms with E-state index in [1.54, 1.807) is 12.1 Å². The predicted molar refractivity (Wildman–Crippen MR) is 44.1 cm³/mol. The summed E-state index contributed by atoms with van der Waals surface area (Å²) in [6, 6.07) is 3.31. The van der Waals surface area contributed by atoms with Crippen LogP contribution >= 0.6 is 0 Å². The molecule has 0 aromatic carbocycles. The van der Waals surface area contributed by atoms with Crippen LogP contribution in [0.5, 0.6) is 0 Å². The van der Waals surface area contributed by atoms with Gasteiger partial charge in [-0.05, 0) is 25.6 Å². The van der Waals surface area contributed by atoms with Gasteiger partial charge in [-0.1, -0.05) is 0 Å². The number of hydrogen-bond acceptors (Lipinski definition) is 2. The van der Waals surface area contributed by atoms with Crippen LogP contribution in [0.4, 0.5) is 12.9 Å². The number of nitrogens with zero attached hydrogens (tertiary/aromatic N) is 1. The van der Waals surface area contributed by atoms with Gasteiger partial charge in [-0.3, -0.25) is 0 Å². The molecule has 0 bridgehead atoms. The molecule has 1 aromatic heterocycles. The van der Waals surface area contributed by atoms with E-state index in [0.29, 0.717) is 5.76 Å². The third-order valence-electron chi connectivity index (χ3n) is 1.52. The average molecular weight is 192 g/mol. The van der Waals surface area contributed by atoms with E-state index in [1.165, 1.54) is 18.2 Å². The Morgan fingerprint density at radius 3 is 2.62 bits per heavy atom. The quantitative estimate of drug-likeness (QED) is 0.679. The van der Waals surface area contributed by atoms with E-state index in [0.717, 1.165) is 0 Å². The van der Waals surface area contributed by atoms with E-state index in [2.05, 4.69) is 0 Å². The van der Waals surface area contributed by atoms with Crippen molar-refractivity contribution in [1.82, 2.24) is 4.90 Å². The Morgan fingerprint density at radius 2 is 2.15 bits per heavy atom. The van der Waals surface area contributed by atoms with Crippen molar-refractivity contribution in [2.24, 2.45) is 0 Å². The SMILES string of the molecule is CN(Cc1ccco1)C[B-](F)(F)F. The monoisotopic (exact) mass is 192 g/mol. The van der Waals surface area contributed by atoms with E-state index >= 15 is 0 Å². The standard InChI is InChI=1S/C7H10BF3NO/c1-12(6-8(9,10)11)5-7-3-2-4-13-7/h2-4H,5-6H2,1H3/q-1. The lowest BCUT2D eigenvalue weighted by atomic mass is 9.91. The largest absolute Gasteiger partial charge is 0.492 e. The maximum atomic E-state index is 11.9. The molecule has 0 spiro atoms. The van der Waals surface area contributed by atoms with Gasteiger partial charge < -0.3 is 22.3 Å². The third kappa shape index (κ3) is 4.03. The van der Waals surface area contributed by atoms with Gasteiger partial charge in [0.05, 0.1) is 12.8 Å². The maximum Gasteiger partial charge on any atom is 0.492 e. The molecule has 0 aliphatic heterocycles. The van der Waals surface area contributed by atoms with Gasteiger partial charge in [-0.2, -0.15) is 0 Å². The molecule has 0 unspecified atom stereocenters. The molecule has 1 aromatic rings. The minimum absolute atomic E-state index is 0.189. The molecule has 0 saturated carbocycles. The lowest BCUT2D eigenvalue weighted by molar-refractivity contribution is 0.297. The topological polar surface area (TPSA) is 16.4 Å². The molecular weight excluding hydrogens is 182 g/mol. The highest BCUT2D eigenvalue weighted by Crippen LogP contribution is 2.11. The Kier molecular flexibility index (Phi) is 3.03. The highest BCUT2D eigenvalue weighted by atomic mass is 19.4. The molecule has 6 heteroatoms. The maximum absolute atomic E-state index is 11.9. The molecule has 2 nitrogen and oxygen atoms in total. The summed E-state index contributed by atoms with van der Waals surface area (Å²) in [6.07, 6.45) is 0.586. The first-order valence-electron chi connectivity index (χ1n) is 3.89. The summed E-state index contributed by atoms with van der Waals surface area (Å²) in [6.45, 7) is -4.56. The van der Waals surface area contributed by atoms with Crippen molar-refractivity contribution in [3.63, 3.8) is 0 Å². The third-order valence-corrected chi connectivity index (χ3v) is 1.52. The lowest BCUT2D eigenvalue weighted by Crippen LogP contribution is -2.34. The fourth-order valence-corrected chi connectivity index (χ4v) is 1.09. The number of hydrogen-bond donors (Lipinski definition) is 0. The van der Waals surface area contributed by atoms with Crippen LogP contribution in [-0.2, 0) is 6.54 Å². The van der Waals surface area contributed by atoms with Crippen LogP contribution in [0.2, 0.25) is 0 Å². The zero-order chi connectivity index (χ0) is 9.90. The molecule has 1 heterocycles. The van der Waals surface area contributed by atoms with Crippen molar-refractivity contribution in [3.8, 4) is 0 Å². The first-order chi connectivity index (χ1) is 5.97. The first kappa shape index (κ1) is 10.2. The number of furan rings is 1. The van der Waals surface area contributed by atoms with Crippen LogP contribution in [0.3, 0.4) is 0 Å². The predicted octanol–water partition coefficient (Wildman–Crippen LogP) is 2.10. The molecule has 0 amide bonds. The van der Waals surface area contributed by atoms with Crippen LogP contribution in [0.1, 0.15) is 5.76 Å². The van der Waals surface area contributed by atoms with Crippen LogP contribution in [0.25, 0.3) is 0 Å². The fourth-order valence-electron chi connectivity index (χ4n) is 1.09. The average Bonchev–Trinajstić information content (AvgIpc) is 2.34. The van der Waals surface area contributed by atoms with Gasteiger partial charge in [0.15, 0.2) is 0 Å². The Morgan fingerprint density at radius 1 is 1.46 bits per heavy atom. The molecule has 1 rings (SSSR count). The number of halogens is 3. The highest BCUT2D eigenvalue weighted by molar-refractivity contribution is 6.58. The van der Waals surface area contributed by atoms with Crippen molar-refractivity contribution >= 4 is 6.98 Å². The van der Waals surface area contributed by atoms with E-state index in [-0.39, 0.29) is 6.54 Å². The fraction of sp³-hybridized carbons (Fsp3) is 0.429. The molecule has 0 fully saturated rings. The van der Waals surface area contributed by atoms with Crippen LogP contribution in [0.15, 0.2) is 22.8 Å². The summed E-state index contributed by atoms with van der Waals surface area (Å²) >= 11 is 0. The van der Waals surface area contributed by atoms with Gasteiger partial charge in [-0.25, -0.2) is 0 Å². The molecule has 74 valence electrons. The van der Waals surface area contributed by atoms with Gasteiger partial charge in [0.1, 0.15) is 5.76 Å². The molecule has 13 heavy (non-hydrogen) atoms. The second-order valence-electron chi connectivity index (χ2n) is 2.99. The smallest absolute Gasteiger partial charge is 0.468 e. The molecule has 0 saturated heterocycles. The van der Waals surface area contributed by atoms with Crippen molar-refractivity contribution in [2.75, 3.05) is 13.5 Å². The van der Waals surface area contributed by atoms with Crippen molar-refractivity contribution in [1.29, 1.82) is 0 Å². The van der Waals surface area contributed by atoms with Crippen molar-refractivity contribution in [2.45, 2.75) is 6.54 Å². The van der Waals surface area contributed by atoms with Gasteiger partial charge >= 0.3 is 6.98 Å². The first-order valence-corrected chi connectivity index (χ1v) is 3.89. The Labute approximate surface area is 74.4 Å². The molecule has 0 aliphatic carbocycles. The summed E-state index contributed by atoms with van der Waals surface area (Å²) in [5, 5.41) is 0. The van der Waals surface area contributed by atoms with Gasteiger partial charge in [-0.15, -0.1) is 0 Å². The Bertz CT molecular complexity index is 247. The minimum Gasteiger partial charge on any atom is -0.468 e. The summed E-state index contributed by atoms with van der Waals surface area (Å²) < 4.78 is 40.7. The second-order valence-corrected chi connectivity index (χ2v) is 2.99. The normalized spacial score (nSPS) is 12.4.